The molecule has 2 heteroatoms. The fourth-order valence-electron chi connectivity index (χ4n) is 1.57. The molecule has 0 saturated heterocycles. The zero-order chi connectivity index (χ0) is 11.3. The summed E-state index contributed by atoms with van der Waals surface area (Å²) in [4.78, 5) is 2.32. The number of para-hydroxylation sites is 1. The van der Waals surface area contributed by atoms with Gasteiger partial charge >= 0.3 is 0 Å². The van der Waals surface area contributed by atoms with Gasteiger partial charge in [-0.05, 0) is 32.4 Å². The number of nitrogens with two attached hydrogens (primary N) is 1. The summed E-state index contributed by atoms with van der Waals surface area (Å²) in [6.07, 6.45) is 0.996. The number of benzene rings is 1. The van der Waals surface area contributed by atoms with E-state index in [2.05, 4.69) is 49.9 Å². The standard InChI is InChI=1S/C13H22N2/c1-4-13(3,14)11-15(5-2)12-9-7-6-8-10-12/h6-10H,4-5,11,14H2,1-3H3. The van der Waals surface area contributed by atoms with Crippen LogP contribution in [0.1, 0.15) is 27.2 Å². The Labute approximate surface area is 93.1 Å². The second kappa shape index (κ2) is 5.17. The average Bonchev–Trinajstić information content (AvgIpc) is 2.27. The highest BCUT2D eigenvalue weighted by Gasteiger charge is 2.19. The molecular formula is C13H22N2. The molecule has 0 amide bonds. The van der Waals surface area contributed by atoms with Crippen LogP contribution in [0.15, 0.2) is 30.3 Å². The van der Waals surface area contributed by atoms with Gasteiger partial charge in [0, 0.05) is 24.3 Å². The van der Waals surface area contributed by atoms with Crippen LogP contribution in [0.4, 0.5) is 5.69 Å². The van der Waals surface area contributed by atoms with Crippen LogP contribution in [0.3, 0.4) is 0 Å². The van der Waals surface area contributed by atoms with E-state index in [1.807, 2.05) is 6.07 Å². The summed E-state index contributed by atoms with van der Waals surface area (Å²) in [6, 6.07) is 10.4. The van der Waals surface area contributed by atoms with E-state index in [-0.39, 0.29) is 5.54 Å². The van der Waals surface area contributed by atoms with E-state index in [1.54, 1.807) is 0 Å². The second-order valence-corrected chi connectivity index (χ2v) is 4.36. The largest absolute Gasteiger partial charge is 0.370 e. The second-order valence-electron chi connectivity index (χ2n) is 4.36. The molecule has 1 unspecified atom stereocenters. The summed E-state index contributed by atoms with van der Waals surface area (Å²) in [7, 11) is 0. The zero-order valence-electron chi connectivity index (χ0n) is 10.0. The van der Waals surface area contributed by atoms with Gasteiger partial charge in [-0.15, -0.1) is 0 Å². The van der Waals surface area contributed by atoms with Gasteiger partial charge < -0.3 is 10.6 Å². The Morgan fingerprint density at radius 1 is 1.20 bits per heavy atom. The van der Waals surface area contributed by atoms with E-state index < -0.39 is 0 Å². The molecule has 1 aromatic rings. The van der Waals surface area contributed by atoms with E-state index in [0.29, 0.717) is 0 Å². The van der Waals surface area contributed by atoms with Crippen LogP contribution >= 0.6 is 0 Å². The van der Waals surface area contributed by atoms with Gasteiger partial charge in [0.05, 0.1) is 0 Å². The van der Waals surface area contributed by atoms with Crippen molar-refractivity contribution >= 4 is 5.69 Å². The molecule has 0 fully saturated rings. The van der Waals surface area contributed by atoms with Crippen molar-refractivity contribution in [2.75, 3.05) is 18.0 Å². The highest BCUT2D eigenvalue weighted by Crippen LogP contribution is 2.16. The van der Waals surface area contributed by atoms with Crippen molar-refractivity contribution < 1.29 is 0 Å². The van der Waals surface area contributed by atoms with E-state index in [4.69, 9.17) is 5.73 Å². The van der Waals surface area contributed by atoms with Gasteiger partial charge in [0.25, 0.3) is 0 Å². The Balaban J connectivity index is 2.73. The summed E-state index contributed by atoms with van der Waals surface area (Å²) in [5.41, 5.74) is 7.34. The molecule has 15 heavy (non-hydrogen) atoms. The Morgan fingerprint density at radius 2 is 1.80 bits per heavy atom. The lowest BCUT2D eigenvalue weighted by Gasteiger charge is -2.32. The van der Waals surface area contributed by atoms with Gasteiger partial charge in [-0.25, -0.2) is 0 Å². The molecule has 1 atom stereocenters. The number of nitrogens with zero attached hydrogens (tertiary/aromatic N) is 1. The fourth-order valence-corrected chi connectivity index (χ4v) is 1.57. The Morgan fingerprint density at radius 3 is 2.27 bits per heavy atom. The molecule has 0 saturated carbocycles. The van der Waals surface area contributed by atoms with E-state index >= 15 is 0 Å². The minimum Gasteiger partial charge on any atom is -0.370 e. The van der Waals surface area contributed by atoms with Gasteiger partial charge in [-0.2, -0.15) is 0 Å². The van der Waals surface area contributed by atoms with Crippen molar-refractivity contribution in [2.24, 2.45) is 5.73 Å². The molecule has 0 aromatic heterocycles. The average molecular weight is 206 g/mol. The minimum absolute atomic E-state index is 0.105. The van der Waals surface area contributed by atoms with Crippen LogP contribution in [0.5, 0.6) is 0 Å². The monoisotopic (exact) mass is 206 g/mol. The van der Waals surface area contributed by atoms with Gasteiger partial charge in [0.2, 0.25) is 0 Å². The highest BCUT2D eigenvalue weighted by molar-refractivity contribution is 5.46. The van der Waals surface area contributed by atoms with Crippen LogP contribution in [-0.2, 0) is 0 Å². The lowest BCUT2D eigenvalue weighted by molar-refractivity contribution is 0.448. The smallest absolute Gasteiger partial charge is 0.0366 e. The van der Waals surface area contributed by atoms with Crippen LogP contribution < -0.4 is 10.6 Å². The maximum atomic E-state index is 6.19. The number of anilines is 1. The lowest BCUT2D eigenvalue weighted by Crippen LogP contribution is -2.47. The fraction of sp³-hybridized carbons (Fsp3) is 0.538. The minimum atomic E-state index is -0.105. The molecule has 0 bridgehead atoms. The lowest BCUT2D eigenvalue weighted by atomic mass is 9.99. The molecule has 0 aliphatic heterocycles. The molecular weight excluding hydrogens is 184 g/mol. The quantitative estimate of drug-likeness (QED) is 0.802. The topological polar surface area (TPSA) is 29.3 Å². The molecule has 0 heterocycles. The molecule has 84 valence electrons. The van der Waals surface area contributed by atoms with Crippen molar-refractivity contribution in [1.82, 2.24) is 0 Å². The summed E-state index contributed by atoms with van der Waals surface area (Å²) in [5, 5.41) is 0. The maximum Gasteiger partial charge on any atom is 0.0366 e. The SMILES string of the molecule is CCN(CC(C)(N)CC)c1ccccc1. The third kappa shape index (κ3) is 3.56. The third-order valence-corrected chi connectivity index (χ3v) is 2.86. The molecule has 0 spiro atoms. The van der Waals surface area contributed by atoms with E-state index in [1.165, 1.54) is 5.69 Å². The number of likely N-dealkylation sites (N-methyl/N-ethyl adjacent to an activating group) is 1. The predicted octanol–water partition coefficient (Wildman–Crippen LogP) is 2.64. The number of rotatable bonds is 5. The van der Waals surface area contributed by atoms with E-state index in [0.717, 1.165) is 19.5 Å². The zero-order valence-corrected chi connectivity index (χ0v) is 10.0. The molecule has 0 aliphatic rings. The molecule has 1 aromatic carbocycles. The molecule has 0 aliphatic carbocycles. The highest BCUT2D eigenvalue weighted by atomic mass is 15.1. The first-order chi connectivity index (χ1) is 7.09. The van der Waals surface area contributed by atoms with Crippen LogP contribution in [0.2, 0.25) is 0 Å². The van der Waals surface area contributed by atoms with Crippen LogP contribution in [-0.4, -0.2) is 18.6 Å². The van der Waals surface area contributed by atoms with E-state index in [9.17, 15) is 0 Å². The van der Waals surface area contributed by atoms with Gasteiger partial charge in [-0.1, -0.05) is 25.1 Å². The summed E-state index contributed by atoms with van der Waals surface area (Å²) in [6.45, 7) is 8.32. The summed E-state index contributed by atoms with van der Waals surface area (Å²) >= 11 is 0. The van der Waals surface area contributed by atoms with Crippen molar-refractivity contribution in [3.63, 3.8) is 0 Å². The van der Waals surface area contributed by atoms with Crippen molar-refractivity contribution in [3.05, 3.63) is 30.3 Å². The van der Waals surface area contributed by atoms with Crippen LogP contribution in [0, 0.1) is 0 Å². The Hall–Kier alpha value is -1.02. The van der Waals surface area contributed by atoms with Crippen LogP contribution in [0.25, 0.3) is 0 Å². The van der Waals surface area contributed by atoms with Crippen molar-refractivity contribution in [1.29, 1.82) is 0 Å². The molecule has 1 rings (SSSR count). The first kappa shape index (κ1) is 12.1. The van der Waals surface area contributed by atoms with Gasteiger partial charge in [0.15, 0.2) is 0 Å². The summed E-state index contributed by atoms with van der Waals surface area (Å²) in [5.74, 6) is 0. The first-order valence-corrected chi connectivity index (χ1v) is 5.68. The maximum absolute atomic E-state index is 6.19. The van der Waals surface area contributed by atoms with Crippen molar-refractivity contribution in [2.45, 2.75) is 32.7 Å². The predicted molar refractivity (Wildman–Crippen MR) is 67.2 cm³/mol. The number of hydrogen-bond donors (Lipinski definition) is 1. The van der Waals surface area contributed by atoms with Gasteiger partial charge in [0.1, 0.15) is 0 Å². The number of hydrogen-bond acceptors (Lipinski definition) is 2. The molecule has 2 nitrogen and oxygen atoms in total. The third-order valence-electron chi connectivity index (χ3n) is 2.86. The normalized spacial score (nSPS) is 14.7. The van der Waals surface area contributed by atoms with Gasteiger partial charge in [-0.3, -0.25) is 0 Å². The summed E-state index contributed by atoms with van der Waals surface area (Å²) < 4.78 is 0. The molecule has 2 N–H and O–H groups in total. The molecule has 0 radical (unpaired) electrons. The Kier molecular flexibility index (Phi) is 4.15. The Bertz CT molecular complexity index is 280. The van der Waals surface area contributed by atoms with Crippen molar-refractivity contribution in [3.8, 4) is 0 Å². The first-order valence-electron chi connectivity index (χ1n) is 5.68.